The van der Waals surface area contributed by atoms with Crippen LogP contribution in [0.1, 0.15) is 42.0 Å². The number of carbonyl (C=O) groups is 2. The summed E-state index contributed by atoms with van der Waals surface area (Å²) in [5.74, 6) is -0.112. The minimum atomic E-state index is -0.588. The van der Waals surface area contributed by atoms with Gasteiger partial charge in [-0.2, -0.15) is 0 Å². The third kappa shape index (κ3) is 7.07. The average molecular weight is 493 g/mol. The molecule has 4 nitrogen and oxygen atoms in total. The molecule has 0 bridgehead atoms. The van der Waals surface area contributed by atoms with Crippen LogP contribution in [0.25, 0.3) is 10.8 Å². The fraction of sp³-hybridized carbons (Fsp3) is 0.273. The zero-order valence-electron chi connectivity index (χ0n) is 21.8. The maximum absolute atomic E-state index is 13.9. The van der Waals surface area contributed by atoms with Crippen molar-refractivity contribution in [3.8, 4) is 0 Å². The van der Waals surface area contributed by atoms with E-state index in [0.29, 0.717) is 32.4 Å². The molecule has 4 heteroatoms. The van der Waals surface area contributed by atoms with Crippen LogP contribution in [-0.4, -0.2) is 29.3 Å². The average Bonchev–Trinajstić information content (AvgIpc) is 2.93. The Balaban J connectivity index is 1.63. The molecule has 2 amide bonds. The van der Waals surface area contributed by atoms with Gasteiger partial charge < -0.3 is 10.2 Å². The summed E-state index contributed by atoms with van der Waals surface area (Å²) in [6, 6.07) is 32.0. The Kier molecular flexibility index (Phi) is 9.09. The van der Waals surface area contributed by atoms with Crippen molar-refractivity contribution in [3.63, 3.8) is 0 Å². The molecule has 0 saturated carbocycles. The molecule has 0 spiro atoms. The highest BCUT2D eigenvalue weighted by Gasteiger charge is 2.30. The van der Waals surface area contributed by atoms with Crippen molar-refractivity contribution in [2.45, 2.75) is 52.1 Å². The number of carbonyl (C=O) groups excluding carboxylic acids is 2. The molecule has 4 aromatic carbocycles. The van der Waals surface area contributed by atoms with E-state index in [2.05, 4.69) is 35.6 Å². The first-order chi connectivity index (χ1) is 18.0. The molecule has 4 rings (SSSR count). The highest BCUT2D eigenvalue weighted by Crippen LogP contribution is 2.22. The summed E-state index contributed by atoms with van der Waals surface area (Å²) >= 11 is 0. The summed E-state index contributed by atoms with van der Waals surface area (Å²) in [7, 11) is 0. The number of nitrogens with one attached hydrogen (secondary N) is 1. The van der Waals surface area contributed by atoms with Crippen LogP contribution in [0.3, 0.4) is 0 Å². The van der Waals surface area contributed by atoms with E-state index in [1.54, 1.807) is 4.90 Å². The lowest BCUT2D eigenvalue weighted by Crippen LogP contribution is -2.50. The predicted octanol–water partition coefficient (Wildman–Crippen LogP) is 6.25. The highest BCUT2D eigenvalue weighted by atomic mass is 16.2. The van der Waals surface area contributed by atoms with Gasteiger partial charge in [0.2, 0.25) is 11.8 Å². The van der Waals surface area contributed by atoms with Crippen LogP contribution in [0.5, 0.6) is 0 Å². The molecule has 0 heterocycles. The molecule has 0 aromatic heterocycles. The van der Waals surface area contributed by atoms with Gasteiger partial charge in [0.15, 0.2) is 0 Å². The summed E-state index contributed by atoms with van der Waals surface area (Å²) in [4.78, 5) is 29.1. The second-order valence-corrected chi connectivity index (χ2v) is 9.65. The van der Waals surface area contributed by atoms with Crippen molar-refractivity contribution in [1.29, 1.82) is 0 Å². The third-order valence-electron chi connectivity index (χ3n) is 6.74. The first-order valence-electron chi connectivity index (χ1n) is 13.2. The van der Waals surface area contributed by atoms with E-state index in [0.717, 1.165) is 28.7 Å². The fourth-order valence-electron chi connectivity index (χ4n) is 4.82. The van der Waals surface area contributed by atoms with Gasteiger partial charge in [0.1, 0.15) is 6.04 Å². The normalized spacial score (nSPS) is 11.7. The Hall–Kier alpha value is -3.92. The molecule has 0 radical (unpaired) electrons. The van der Waals surface area contributed by atoms with Crippen LogP contribution in [0.2, 0.25) is 0 Å². The number of benzene rings is 4. The monoisotopic (exact) mass is 492 g/mol. The number of aryl methyl sites for hydroxylation is 2. The van der Waals surface area contributed by atoms with Gasteiger partial charge in [0, 0.05) is 25.9 Å². The lowest BCUT2D eigenvalue weighted by Gasteiger charge is -2.32. The van der Waals surface area contributed by atoms with E-state index < -0.39 is 6.04 Å². The Morgan fingerprint density at radius 1 is 0.838 bits per heavy atom. The molecule has 1 N–H and O–H groups in total. The number of hydrogen-bond acceptors (Lipinski definition) is 2. The van der Waals surface area contributed by atoms with Crippen LogP contribution < -0.4 is 5.32 Å². The Labute approximate surface area is 220 Å². The first-order valence-corrected chi connectivity index (χ1v) is 13.2. The Bertz CT molecular complexity index is 1330. The summed E-state index contributed by atoms with van der Waals surface area (Å²) in [5.41, 5.74) is 4.35. The number of fused-ring (bicyclic) bond motifs is 1. The molecular weight excluding hydrogens is 456 g/mol. The minimum absolute atomic E-state index is 0.0120. The van der Waals surface area contributed by atoms with E-state index in [9.17, 15) is 9.59 Å². The molecule has 1 atom stereocenters. The van der Waals surface area contributed by atoms with Crippen molar-refractivity contribution in [2.75, 3.05) is 6.54 Å². The molecule has 0 aliphatic rings. The van der Waals surface area contributed by atoms with Crippen molar-refractivity contribution in [2.24, 2.45) is 0 Å². The van der Waals surface area contributed by atoms with Gasteiger partial charge >= 0.3 is 0 Å². The van der Waals surface area contributed by atoms with Gasteiger partial charge in [-0.25, -0.2) is 0 Å². The molecule has 4 aromatic rings. The second-order valence-electron chi connectivity index (χ2n) is 9.65. The maximum Gasteiger partial charge on any atom is 0.243 e. The van der Waals surface area contributed by atoms with Crippen LogP contribution in [0, 0.1) is 6.92 Å². The second kappa shape index (κ2) is 12.9. The van der Waals surface area contributed by atoms with E-state index in [4.69, 9.17) is 0 Å². The molecule has 0 aliphatic heterocycles. The molecule has 0 aliphatic carbocycles. The molecule has 0 fully saturated rings. The van der Waals surface area contributed by atoms with Crippen LogP contribution in [0.4, 0.5) is 0 Å². The third-order valence-corrected chi connectivity index (χ3v) is 6.74. The van der Waals surface area contributed by atoms with Gasteiger partial charge in [0.05, 0.1) is 0 Å². The van der Waals surface area contributed by atoms with Crippen molar-refractivity contribution in [3.05, 3.63) is 119 Å². The first kappa shape index (κ1) is 26.2. The summed E-state index contributed by atoms with van der Waals surface area (Å²) in [6.07, 6.45) is 2.28. The zero-order chi connectivity index (χ0) is 26.0. The van der Waals surface area contributed by atoms with Gasteiger partial charge in [0.25, 0.3) is 0 Å². The molecule has 0 saturated heterocycles. The van der Waals surface area contributed by atoms with Crippen LogP contribution >= 0.6 is 0 Å². The summed E-state index contributed by atoms with van der Waals surface area (Å²) in [6.45, 7) is 5.07. The zero-order valence-corrected chi connectivity index (χ0v) is 21.8. The Morgan fingerprint density at radius 3 is 2.32 bits per heavy atom. The molecular formula is C33H36N2O2. The van der Waals surface area contributed by atoms with Crippen molar-refractivity contribution < 1.29 is 9.59 Å². The molecule has 1 unspecified atom stereocenters. The van der Waals surface area contributed by atoms with Gasteiger partial charge in [-0.1, -0.05) is 110 Å². The number of hydrogen-bond donors (Lipinski definition) is 1. The minimum Gasteiger partial charge on any atom is -0.354 e. The summed E-state index contributed by atoms with van der Waals surface area (Å²) in [5, 5.41) is 5.39. The quantitative estimate of drug-likeness (QED) is 0.269. The van der Waals surface area contributed by atoms with E-state index in [1.165, 1.54) is 10.8 Å². The van der Waals surface area contributed by atoms with Crippen molar-refractivity contribution in [1.82, 2.24) is 10.2 Å². The molecule has 37 heavy (non-hydrogen) atoms. The van der Waals surface area contributed by atoms with Gasteiger partial charge in [-0.15, -0.1) is 0 Å². The smallest absolute Gasteiger partial charge is 0.243 e. The topological polar surface area (TPSA) is 49.4 Å². The largest absolute Gasteiger partial charge is 0.354 e. The van der Waals surface area contributed by atoms with Crippen LogP contribution in [0.15, 0.2) is 97.1 Å². The van der Waals surface area contributed by atoms with Gasteiger partial charge in [-0.05, 0) is 47.2 Å². The predicted molar refractivity (Wildman–Crippen MR) is 151 cm³/mol. The van der Waals surface area contributed by atoms with E-state index >= 15 is 0 Å². The molecule has 190 valence electrons. The van der Waals surface area contributed by atoms with Crippen molar-refractivity contribution >= 4 is 22.6 Å². The SMILES string of the molecule is CCCNC(=O)C(Cc1ccccc1)N(Cc1cccc(C)c1)C(=O)CCc1cccc2ccccc12. The van der Waals surface area contributed by atoms with Gasteiger partial charge in [-0.3, -0.25) is 9.59 Å². The van der Waals surface area contributed by atoms with E-state index in [-0.39, 0.29) is 11.8 Å². The standard InChI is InChI=1S/C33H36N2O2/c1-3-21-34-33(37)31(23-26-12-5-4-6-13-26)35(24-27-14-9-11-25(2)22-27)32(36)20-19-29-17-10-16-28-15-7-8-18-30(28)29/h4-18,22,31H,3,19-21,23-24H2,1-2H3,(H,34,37). The Morgan fingerprint density at radius 2 is 1.54 bits per heavy atom. The maximum atomic E-state index is 13.9. The number of nitrogens with zero attached hydrogens (tertiary/aromatic N) is 1. The van der Waals surface area contributed by atoms with Crippen LogP contribution in [-0.2, 0) is 29.0 Å². The summed E-state index contributed by atoms with van der Waals surface area (Å²) < 4.78 is 0. The lowest BCUT2D eigenvalue weighted by molar-refractivity contribution is -0.141. The highest BCUT2D eigenvalue weighted by molar-refractivity contribution is 5.89. The fourth-order valence-corrected chi connectivity index (χ4v) is 4.82. The van der Waals surface area contributed by atoms with E-state index in [1.807, 2.05) is 80.6 Å². The number of rotatable bonds is 11. The number of amides is 2. The lowest BCUT2D eigenvalue weighted by atomic mass is 9.99.